The highest BCUT2D eigenvalue weighted by Crippen LogP contribution is 2.27. The van der Waals surface area contributed by atoms with Gasteiger partial charge < -0.3 is 14.7 Å². The van der Waals surface area contributed by atoms with Crippen molar-refractivity contribution in [1.29, 1.82) is 0 Å². The van der Waals surface area contributed by atoms with Gasteiger partial charge in [-0.2, -0.15) is 0 Å². The van der Waals surface area contributed by atoms with E-state index in [0.29, 0.717) is 19.0 Å². The van der Waals surface area contributed by atoms with E-state index in [2.05, 4.69) is 13.8 Å². The molecular weight excluding hydrogens is 218 g/mol. The van der Waals surface area contributed by atoms with E-state index >= 15 is 0 Å². The fourth-order valence-electron chi connectivity index (χ4n) is 2.50. The highest BCUT2D eigenvalue weighted by molar-refractivity contribution is 5.79. The number of hydrogen-bond acceptors (Lipinski definition) is 3. The molecule has 4 heteroatoms. The van der Waals surface area contributed by atoms with E-state index in [1.807, 2.05) is 6.92 Å². The van der Waals surface area contributed by atoms with Crippen molar-refractivity contribution >= 4 is 5.91 Å². The van der Waals surface area contributed by atoms with Crippen molar-refractivity contribution < 1.29 is 14.6 Å². The molecule has 1 heterocycles. The first-order chi connectivity index (χ1) is 8.11. The molecule has 4 nitrogen and oxygen atoms in total. The second-order valence-corrected chi connectivity index (χ2v) is 4.97. The molecular formula is C13H25NO3. The van der Waals surface area contributed by atoms with Gasteiger partial charge in [0.25, 0.3) is 0 Å². The summed E-state index contributed by atoms with van der Waals surface area (Å²) in [7, 11) is 0. The molecule has 0 spiro atoms. The van der Waals surface area contributed by atoms with Crippen molar-refractivity contribution in [3.63, 3.8) is 0 Å². The van der Waals surface area contributed by atoms with Crippen molar-refractivity contribution in [3.8, 4) is 0 Å². The third-order valence-electron chi connectivity index (χ3n) is 3.40. The van der Waals surface area contributed by atoms with Crippen LogP contribution < -0.4 is 0 Å². The number of carbonyl (C=O) groups is 1. The van der Waals surface area contributed by atoms with E-state index in [-0.39, 0.29) is 24.5 Å². The van der Waals surface area contributed by atoms with Crippen LogP contribution in [0.15, 0.2) is 0 Å². The van der Waals surface area contributed by atoms with Crippen LogP contribution in [-0.4, -0.2) is 48.3 Å². The van der Waals surface area contributed by atoms with Crippen LogP contribution in [-0.2, 0) is 9.53 Å². The first-order valence-corrected chi connectivity index (χ1v) is 6.63. The Bertz CT molecular complexity index is 243. The number of aliphatic hydroxyl groups excluding tert-OH is 1. The van der Waals surface area contributed by atoms with Crippen LogP contribution in [0.4, 0.5) is 0 Å². The summed E-state index contributed by atoms with van der Waals surface area (Å²) < 4.78 is 5.74. The van der Waals surface area contributed by atoms with E-state index in [4.69, 9.17) is 9.84 Å². The topological polar surface area (TPSA) is 49.8 Å². The quantitative estimate of drug-likeness (QED) is 0.791. The molecule has 1 aliphatic rings. The lowest BCUT2D eigenvalue weighted by Gasteiger charge is -2.36. The Labute approximate surface area is 104 Å². The molecule has 17 heavy (non-hydrogen) atoms. The molecule has 1 amide bonds. The summed E-state index contributed by atoms with van der Waals surface area (Å²) in [6, 6.07) is 0. The summed E-state index contributed by atoms with van der Waals surface area (Å²) in [5.74, 6) is 0.465. The second kappa shape index (κ2) is 6.97. The van der Waals surface area contributed by atoms with E-state index in [9.17, 15) is 4.79 Å². The van der Waals surface area contributed by atoms with Gasteiger partial charge in [0.05, 0.1) is 18.6 Å². The van der Waals surface area contributed by atoms with Gasteiger partial charge in [0, 0.05) is 19.7 Å². The Balaban J connectivity index is 2.69. The lowest BCUT2D eigenvalue weighted by Crippen LogP contribution is -2.46. The van der Waals surface area contributed by atoms with Gasteiger partial charge >= 0.3 is 0 Å². The zero-order chi connectivity index (χ0) is 12.8. The molecule has 100 valence electrons. The molecule has 0 radical (unpaired) electrons. The molecule has 0 aromatic carbocycles. The number of ether oxygens (including phenoxy) is 1. The zero-order valence-corrected chi connectivity index (χ0v) is 11.2. The van der Waals surface area contributed by atoms with Gasteiger partial charge in [-0.3, -0.25) is 4.79 Å². The molecule has 0 saturated carbocycles. The molecule has 1 N–H and O–H groups in total. The Morgan fingerprint density at radius 1 is 1.53 bits per heavy atom. The van der Waals surface area contributed by atoms with Crippen molar-refractivity contribution in [1.82, 2.24) is 4.90 Å². The van der Waals surface area contributed by atoms with Crippen molar-refractivity contribution in [2.24, 2.45) is 11.8 Å². The summed E-state index contributed by atoms with van der Waals surface area (Å²) in [4.78, 5) is 14.1. The van der Waals surface area contributed by atoms with Crippen LogP contribution >= 0.6 is 0 Å². The minimum atomic E-state index is -0.0322. The normalized spacial score (nSPS) is 25.0. The average Bonchev–Trinajstić information content (AvgIpc) is 2.35. The molecule has 0 aliphatic carbocycles. The number of hydrogen-bond donors (Lipinski definition) is 1. The largest absolute Gasteiger partial charge is 0.395 e. The first kappa shape index (κ1) is 14.5. The lowest BCUT2D eigenvalue weighted by atomic mass is 9.86. The monoisotopic (exact) mass is 243 g/mol. The Morgan fingerprint density at radius 3 is 2.76 bits per heavy atom. The average molecular weight is 243 g/mol. The summed E-state index contributed by atoms with van der Waals surface area (Å²) in [6.45, 7) is 8.01. The number of carbonyl (C=O) groups excluding carboxylic acids is 1. The third-order valence-corrected chi connectivity index (χ3v) is 3.40. The molecule has 1 saturated heterocycles. The van der Waals surface area contributed by atoms with Gasteiger partial charge in [-0.05, 0) is 25.7 Å². The fraction of sp³-hybridized carbons (Fsp3) is 0.923. The standard InChI is InChI=1S/C13H25NO3/c1-4-14(7-8-15)13(16)11-6-5-9-17-12(11)10(2)3/h10-12,15H,4-9H2,1-3H3/t11-,12+/m1/s1. The number of amides is 1. The van der Waals surface area contributed by atoms with E-state index in [1.54, 1.807) is 4.90 Å². The van der Waals surface area contributed by atoms with Crippen molar-refractivity contribution in [2.45, 2.75) is 39.7 Å². The Hall–Kier alpha value is -0.610. The summed E-state index contributed by atoms with van der Waals surface area (Å²) in [5.41, 5.74) is 0. The van der Waals surface area contributed by atoms with Gasteiger partial charge in [-0.15, -0.1) is 0 Å². The second-order valence-electron chi connectivity index (χ2n) is 4.97. The molecule has 0 unspecified atom stereocenters. The minimum Gasteiger partial charge on any atom is -0.395 e. The van der Waals surface area contributed by atoms with Crippen LogP contribution in [0.5, 0.6) is 0 Å². The first-order valence-electron chi connectivity index (χ1n) is 6.63. The van der Waals surface area contributed by atoms with Gasteiger partial charge in [0.1, 0.15) is 0 Å². The number of nitrogens with zero attached hydrogens (tertiary/aromatic N) is 1. The molecule has 1 rings (SSSR count). The molecule has 2 atom stereocenters. The van der Waals surface area contributed by atoms with Gasteiger partial charge in [0.2, 0.25) is 5.91 Å². The highest BCUT2D eigenvalue weighted by atomic mass is 16.5. The fourth-order valence-corrected chi connectivity index (χ4v) is 2.50. The zero-order valence-electron chi connectivity index (χ0n) is 11.2. The van der Waals surface area contributed by atoms with Crippen LogP contribution in [0, 0.1) is 11.8 Å². The number of likely N-dealkylation sites (N-methyl/N-ethyl adjacent to an activating group) is 1. The van der Waals surface area contributed by atoms with E-state index in [1.165, 1.54) is 0 Å². The van der Waals surface area contributed by atoms with Gasteiger partial charge in [0.15, 0.2) is 0 Å². The van der Waals surface area contributed by atoms with E-state index < -0.39 is 0 Å². The van der Waals surface area contributed by atoms with E-state index in [0.717, 1.165) is 19.4 Å². The molecule has 1 fully saturated rings. The third kappa shape index (κ3) is 3.68. The Morgan fingerprint density at radius 2 is 2.24 bits per heavy atom. The highest BCUT2D eigenvalue weighted by Gasteiger charge is 2.35. The lowest BCUT2D eigenvalue weighted by molar-refractivity contribution is -0.148. The summed E-state index contributed by atoms with van der Waals surface area (Å²) in [6.07, 6.45) is 1.89. The SMILES string of the molecule is CCN(CCO)C(=O)[C@@H]1CCCO[C@H]1C(C)C. The summed E-state index contributed by atoms with van der Waals surface area (Å²) >= 11 is 0. The molecule has 0 aromatic heterocycles. The van der Waals surface area contributed by atoms with Crippen LogP contribution in [0.1, 0.15) is 33.6 Å². The van der Waals surface area contributed by atoms with Gasteiger partial charge in [-0.1, -0.05) is 13.8 Å². The number of aliphatic hydroxyl groups is 1. The molecule has 1 aliphatic heterocycles. The molecule has 0 bridgehead atoms. The van der Waals surface area contributed by atoms with Crippen LogP contribution in [0.25, 0.3) is 0 Å². The maximum Gasteiger partial charge on any atom is 0.228 e. The predicted molar refractivity (Wildman–Crippen MR) is 66.6 cm³/mol. The van der Waals surface area contributed by atoms with Crippen molar-refractivity contribution in [3.05, 3.63) is 0 Å². The maximum absolute atomic E-state index is 12.4. The van der Waals surface area contributed by atoms with Crippen LogP contribution in [0.2, 0.25) is 0 Å². The minimum absolute atomic E-state index is 0.0273. The van der Waals surface area contributed by atoms with Gasteiger partial charge in [-0.25, -0.2) is 0 Å². The van der Waals surface area contributed by atoms with Crippen LogP contribution in [0.3, 0.4) is 0 Å². The van der Waals surface area contributed by atoms with Crippen molar-refractivity contribution in [2.75, 3.05) is 26.3 Å². The molecule has 0 aromatic rings. The Kier molecular flexibility index (Phi) is 5.92. The predicted octanol–water partition coefficient (Wildman–Crippen LogP) is 1.28. The maximum atomic E-state index is 12.4. The summed E-state index contributed by atoms with van der Waals surface area (Å²) in [5, 5.41) is 8.96. The smallest absolute Gasteiger partial charge is 0.228 e. The number of rotatable bonds is 5.